The van der Waals surface area contributed by atoms with Crippen molar-refractivity contribution in [1.29, 1.82) is 0 Å². The van der Waals surface area contributed by atoms with Crippen molar-refractivity contribution in [1.82, 2.24) is 24.6 Å². The van der Waals surface area contributed by atoms with Gasteiger partial charge in [0.25, 0.3) is 0 Å². The van der Waals surface area contributed by atoms with Crippen molar-refractivity contribution in [2.45, 2.75) is 20.3 Å². The number of allylic oxidation sites excluding steroid dienone is 1. The smallest absolute Gasteiger partial charge is 0.222 e. The Morgan fingerprint density at radius 1 is 1.30 bits per heavy atom. The molecule has 23 heavy (non-hydrogen) atoms. The van der Waals surface area contributed by atoms with Crippen molar-refractivity contribution < 1.29 is 2.85 Å². The SMILES string of the molecule is CC(C)CNc1ncc2c(n1)CC=C2c1ccc2ncnn2c1.[HH].[HH]. The molecule has 0 fully saturated rings. The number of nitrogens with zero attached hydrogens (tertiary/aromatic N) is 5. The first-order valence-electron chi connectivity index (χ1n) is 7.81. The van der Waals surface area contributed by atoms with E-state index in [0.717, 1.165) is 41.0 Å². The van der Waals surface area contributed by atoms with E-state index >= 15 is 0 Å². The molecule has 1 aliphatic rings. The maximum Gasteiger partial charge on any atom is 0.222 e. The minimum absolute atomic E-state index is 0. The number of rotatable bonds is 4. The van der Waals surface area contributed by atoms with E-state index in [0.29, 0.717) is 11.9 Å². The van der Waals surface area contributed by atoms with Crippen LogP contribution in [0.1, 0.15) is 33.5 Å². The molecular weight excluding hydrogens is 288 g/mol. The Hall–Kier alpha value is -2.76. The molecule has 120 valence electrons. The van der Waals surface area contributed by atoms with Crippen LogP contribution in [0, 0.1) is 5.92 Å². The van der Waals surface area contributed by atoms with Gasteiger partial charge in [0, 0.05) is 39.3 Å². The molecule has 0 bridgehead atoms. The molecule has 0 radical (unpaired) electrons. The Morgan fingerprint density at radius 2 is 2.22 bits per heavy atom. The van der Waals surface area contributed by atoms with Gasteiger partial charge in [-0.05, 0) is 23.6 Å². The summed E-state index contributed by atoms with van der Waals surface area (Å²) in [7, 11) is 0. The highest BCUT2D eigenvalue weighted by Crippen LogP contribution is 2.31. The molecule has 0 unspecified atom stereocenters. The highest BCUT2D eigenvalue weighted by molar-refractivity contribution is 5.83. The van der Waals surface area contributed by atoms with Crippen LogP contribution in [0.15, 0.2) is 36.9 Å². The molecule has 0 aliphatic heterocycles. The zero-order valence-corrected chi connectivity index (χ0v) is 13.2. The number of nitrogens with one attached hydrogen (secondary N) is 1. The van der Waals surface area contributed by atoms with Gasteiger partial charge in [-0.1, -0.05) is 19.9 Å². The summed E-state index contributed by atoms with van der Waals surface area (Å²) < 4.78 is 1.79. The molecule has 0 aromatic carbocycles. The molecular formula is C17H22N6. The van der Waals surface area contributed by atoms with E-state index in [-0.39, 0.29) is 2.85 Å². The zero-order chi connectivity index (χ0) is 15.8. The van der Waals surface area contributed by atoms with E-state index in [9.17, 15) is 0 Å². The van der Waals surface area contributed by atoms with Crippen molar-refractivity contribution in [3.05, 3.63) is 53.8 Å². The lowest BCUT2D eigenvalue weighted by atomic mass is 10.0. The van der Waals surface area contributed by atoms with Crippen LogP contribution in [0.25, 0.3) is 11.2 Å². The van der Waals surface area contributed by atoms with E-state index in [1.807, 2.05) is 18.5 Å². The third-order valence-electron chi connectivity index (χ3n) is 3.91. The molecule has 3 aromatic rings. The van der Waals surface area contributed by atoms with Gasteiger partial charge in [0.15, 0.2) is 5.65 Å². The monoisotopic (exact) mass is 310 g/mol. The fraction of sp³-hybridized carbons (Fsp3) is 0.294. The summed E-state index contributed by atoms with van der Waals surface area (Å²) >= 11 is 0. The second-order valence-corrected chi connectivity index (χ2v) is 6.13. The van der Waals surface area contributed by atoms with Gasteiger partial charge in [0.1, 0.15) is 6.33 Å². The third-order valence-corrected chi connectivity index (χ3v) is 3.91. The van der Waals surface area contributed by atoms with E-state index in [2.05, 4.69) is 51.4 Å². The Morgan fingerprint density at radius 3 is 3.09 bits per heavy atom. The lowest BCUT2D eigenvalue weighted by molar-refractivity contribution is 0.684. The van der Waals surface area contributed by atoms with Crippen LogP contribution in [0.3, 0.4) is 0 Å². The molecule has 6 heteroatoms. The van der Waals surface area contributed by atoms with E-state index in [4.69, 9.17) is 0 Å². The molecule has 0 saturated heterocycles. The van der Waals surface area contributed by atoms with Crippen LogP contribution in [-0.2, 0) is 6.42 Å². The largest absolute Gasteiger partial charge is 0.354 e. The Balaban J connectivity index is 0.00000113. The first kappa shape index (κ1) is 13.9. The second-order valence-electron chi connectivity index (χ2n) is 6.13. The van der Waals surface area contributed by atoms with Gasteiger partial charge < -0.3 is 5.32 Å². The number of hydrogen-bond acceptors (Lipinski definition) is 5. The summed E-state index contributed by atoms with van der Waals surface area (Å²) in [4.78, 5) is 13.3. The Labute approximate surface area is 137 Å². The van der Waals surface area contributed by atoms with Gasteiger partial charge in [-0.3, -0.25) is 0 Å². The average molecular weight is 310 g/mol. The molecule has 6 nitrogen and oxygen atoms in total. The highest BCUT2D eigenvalue weighted by atomic mass is 15.3. The first-order valence-corrected chi connectivity index (χ1v) is 7.81. The van der Waals surface area contributed by atoms with Crippen molar-refractivity contribution in [2.24, 2.45) is 5.92 Å². The third kappa shape index (κ3) is 2.56. The number of hydrogen-bond donors (Lipinski definition) is 1. The number of aromatic nitrogens is 5. The van der Waals surface area contributed by atoms with Gasteiger partial charge in [-0.2, -0.15) is 5.10 Å². The summed E-state index contributed by atoms with van der Waals surface area (Å²) in [6.07, 6.45) is 8.50. The summed E-state index contributed by atoms with van der Waals surface area (Å²) in [6, 6.07) is 4.04. The van der Waals surface area contributed by atoms with Gasteiger partial charge in [-0.15, -0.1) is 0 Å². The van der Waals surface area contributed by atoms with Crippen molar-refractivity contribution in [3.63, 3.8) is 0 Å². The Kier molecular flexibility index (Phi) is 3.29. The van der Waals surface area contributed by atoms with Gasteiger partial charge in [-0.25, -0.2) is 19.5 Å². The predicted molar refractivity (Wildman–Crippen MR) is 93.4 cm³/mol. The summed E-state index contributed by atoms with van der Waals surface area (Å²) in [5, 5.41) is 7.48. The molecule has 4 rings (SSSR count). The molecule has 1 aliphatic carbocycles. The lowest BCUT2D eigenvalue weighted by Gasteiger charge is -2.10. The van der Waals surface area contributed by atoms with Crippen LogP contribution >= 0.6 is 0 Å². The molecule has 0 amide bonds. The van der Waals surface area contributed by atoms with Gasteiger partial charge in [0.2, 0.25) is 5.95 Å². The van der Waals surface area contributed by atoms with Crippen molar-refractivity contribution in [2.75, 3.05) is 11.9 Å². The van der Waals surface area contributed by atoms with Gasteiger partial charge >= 0.3 is 0 Å². The van der Waals surface area contributed by atoms with Crippen LogP contribution in [0.5, 0.6) is 0 Å². The second kappa shape index (κ2) is 5.46. The number of anilines is 1. The topological polar surface area (TPSA) is 68.0 Å². The standard InChI is InChI=1S/C17H18N6.2H2/c1-11(2)7-18-17-19-8-14-13(4-5-15(14)22-17)12-3-6-16-20-10-21-23(16)9-12;;/h3-4,6,8-11H,5,7H2,1-2H3,(H,18,19,22);2*1H. The quantitative estimate of drug-likeness (QED) is 0.802. The summed E-state index contributed by atoms with van der Waals surface area (Å²) in [5.74, 6) is 1.27. The van der Waals surface area contributed by atoms with Crippen LogP contribution in [0.4, 0.5) is 5.95 Å². The molecule has 1 N–H and O–H groups in total. The van der Waals surface area contributed by atoms with E-state index in [1.165, 1.54) is 0 Å². The molecule has 0 spiro atoms. The summed E-state index contributed by atoms with van der Waals surface area (Å²) in [5.41, 5.74) is 5.28. The van der Waals surface area contributed by atoms with Crippen molar-refractivity contribution in [3.8, 4) is 0 Å². The van der Waals surface area contributed by atoms with Gasteiger partial charge in [0.05, 0.1) is 5.69 Å². The highest BCUT2D eigenvalue weighted by Gasteiger charge is 2.18. The van der Waals surface area contributed by atoms with Crippen LogP contribution in [0.2, 0.25) is 0 Å². The number of pyridine rings is 1. The molecule has 0 atom stereocenters. The van der Waals surface area contributed by atoms with E-state index in [1.54, 1.807) is 10.8 Å². The maximum absolute atomic E-state index is 4.64. The Bertz CT molecular complexity index is 903. The van der Waals surface area contributed by atoms with Crippen LogP contribution < -0.4 is 5.32 Å². The fourth-order valence-corrected chi connectivity index (χ4v) is 2.74. The first-order chi connectivity index (χ1) is 11.2. The van der Waals surface area contributed by atoms with E-state index < -0.39 is 0 Å². The van der Waals surface area contributed by atoms with Crippen LogP contribution in [-0.4, -0.2) is 31.1 Å². The average Bonchev–Trinajstić information content (AvgIpc) is 3.18. The normalized spacial score (nSPS) is 13.4. The zero-order valence-electron chi connectivity index (χ0n) is 13.2. The number of fused-ring (bicyclic) bond motifs is 2. The maximum atomic E-state index is 4.64. The minimum atomic E-state index is 0. The predicted octanol–water partition coefficient (Wildman–Crippen LogP) is 3.07. The summed E-state index contributed by atoms with van der Waals surface area (Å²) in [6.45, 7) is 5.21. The minimum Gasteiger partial charge on any atom is -0.354 e. The fourth-order valence-electron chi connectivity index (χ4n) is 2.74. The molecule has 3 aromatic heterocycles. The van der Waals surface area contributed by atoms with Crippen molar-refractivity contribution >= 4 is 17.2 Å². The molecule has 3 heterocycles. The lowest BCUT2D eigenvalue weighted by Crippen LogP contribution is -2.11. The molecule has 0 saturated carbocycles.